The number of aromatic nitrogens is 1. The molecule has 0 saturated carbocycles. The molecule has 0 spiro atoms. The molecule has 1 aromatic heterocycles. The molecule has 0 N–H and O–H groups in total. The van der Waals surface area contributed by atoms with E-state index in [-0.39, 0.29) is 11.3 Å². The van der Waals surface area contributed by atoms with Gasteiger partial charge in [-0.1, -0.05) is 30.3 Å². The Morgan fingerprint density at radius 3 is 2.46 bits per heavy atom. The number of hydrogen-bond donors (Lipinski definition) is 0. The molecule has 0 atom stereocenters. The fraction of sp³-hybridized carbons (Fsp3) is 0.100. The lowest BCUT2D eigenvalue weighted by atomic mass is 10.2. The van der Waals surface area contributed by atoms with Crippen LogP contribution in [0.1, 0.15) is 27.6 Å². The number of carbonyl (C=O) groups is 4. The molecule has 3 aromatic rings. The van der Waals surface area contributed by atoms with Gasteiger partial charge in [-0.2, -0.15) is 0 Å². The van der Waals surface area contributed by atoms with Crippen LogP contribution in [0.2, 0.25) is 0 Å². The van der Waals surface area contributed by atoms with E-state index in [1.165, 1.54) is 25.3 Å². The van der Waals surface area contributed by atoms with Gasteiger partial charge in [0.1, 0.15) is 11.3 Å². The van der Waals surface area contributed by atoms with Crippen molar-refractivity contribution in [2.75, 3.05) is 6.79 Å². The van der Waals surface area contributed by atoms with E-state index < -0.39 is 24.8 Å². The SMILES string of the molecule is CC(=O)Oc1ccccc1C(=O)OCOC(=O)n1cc(C=O)c2ccccc21. The van der Waals surface area contributed by atoms with Crippen LogP contribution in [0.5, 0.6) is 5.75 Å². The minimum atomic E-state index is -0.824. The van der Waals surface area contributed by atoms with Crippen molar-refractivity contribution in [2.24, 2.45) is 0 Å². The van der Waals surface area contributed by atoms with Crippen LogP contribution in [0.3, 0.4) is 0 Å². The Hall–Kier alpha value is -3.94. The standard InChI is InChI=1S/C20H15NO7/c1-13(23)28-18-9-5-3-7-16(18)19(24)26-12-27-20(25)21-10-14(11-22)15-6-2-4-8-17(15)21/h2-11H,12H2,1H3. The van der Waals surface area contributed by atoms with Crippen LogP contribution in [0.4, 0.5) is 4.79 Å². The van der Waals surface area contributed by atoms with E-state index >= 15 is 0 Å². The van der Waals surface area contributed by atoms with Crippen LogP contribution < -0.4 is 4.74 Å². The maximum atomic E-state index is 12.3. The van der Waals surface area contributed by atoms with Gasteiger partial charge in [0.25, 0.3) is 0 Å². The van der Waals surface area contributed by atoms with E-state index in [0.717, 1.165) is 4.57 Å². The van der Waals surface area contributed by atoms with E-state index in [2.05, 4.69) is 0 Å². The van der Waals surface area contributed by atoms with Crippen molar-refractivity contribution in [3.8, 4) is 5.75 Å². The highest BCUT2D eigenvalue weighted by atomic mass is 16.7. The number of para-hydroxylation sites is 2. The quantitative estimate of drug-likeness (QED) is 0.289. The summed E-state index contributed by atoms with van der Waals surface area (Å²) >= 11 is 0. The molecule has 0 fully saturated rings. The van der Waals surface area contributed by atoms with Crippen molar-refractivity contribution in [2.45, 2.75) is 6.92 Å². The highest BCUT2D eigenvalue weighted by Crippen LogP contribution is 2.21. The summed E-state index contributed by atoms with van der Waals surface area (Å²) in [4.78, 5) is 46.7. The lowest BCUT2D eigenvalue weighted by Gasteiger charge is -2.10. The molecule has 0 unspecified atom stereocenters. The third-order valence-electron chi connectivity index (χ3n) is 3.80. The van der Waals surface area contributed by atoms with Crippen LogP contribution in [0.15, 0.2) is 54.7 Å². The summed E-state index contributed by atoms with van der Waals surface area (Å²) in [5.41, 5.74) is 0.837. The first-order chi connectivity index (χ1) is 13.5. The Morgan fingerprint density at radius 1 is 1.00 bits per heavy atom. The third kappa shape index (κ3) is 3.90. The average Bonchev–Trinajstić information content (AvgIpc) is 3.07. The normalized spacial score (nSPS) is 10.3. The zero-order valence-corrected chi connectivity index (χ0v) is 14.8. The smallest absolute Gasteiger partial charge is 0.421 e. The zero-order chi connectivity index (χ0) is 20.1. The first-order valence-electron chi connectivity index (χ1n) is 8.18. The maximum Gasteiger partial charge on any atom is 0.421 e. The van der Waals surface area contributed by atoms with Gasteiger partial charge in [-0.05, 0) is 18.2 Å². The second kappa shape index (κ2) is 8.17. The number of fused-ring (bicyclic) bond motifs is 1. The summed E-state index contributed by atoms with van der Waals surface area (Å²) in [7, 11) is 0. The highest BCUT2D eigenvalue weighted by molar-refractivity contribution is 6.01. The Bertz CT molecular complexity index is 1070. The summed E-state index contributed by atoms with van der Waals surface area (Å²) < 4.78 is 16.0. The minimum Gasteiger partial charge on any atom is -0.426 e. The number of ether oxygens (including phenoxy) is 3. The van der Waals surface area contributed by atoms with E-state index in [9.17, 15) is 19.2 Å². The van der Waals surface area contributed by atoms with Gasteiger partial charge < -0.3 is 14.2 Å². The van der Waals surface area contributed by atoms with Crippen LogP contribution in [-0.4, -0.2) is 35.7 Å². The van der Waals surface area contributed by atoms with Gasteiger partial charge in [0, 0.05) is 24.1 Å². The molecule has 8 heteroatoms. The van der Waals surface area contributed by atoms with Gasteiger partial charge >= 0.3 is 18.0 Å². The summed E-state index contributed by atoms with van der Waals surface area (Å²) in [5.74, 6) is -1.37. The number of hydrogen-bond acceptors (Lipinski definition) is 7. The van der Waals surface area contributed by atoms with Gasteiger partial charge in [-0.3, -0.25) is 14.2 Å². The first-order valence-corrected chi connectivity index (χ1v) is 8.18. The lowest BCUT2D eigenvalue weighted by Crippen LogP contribution is -2.17. The summed E-state index contributed by atoms with van der Waals surface area (Å²) in [6.07, 6.45) is 1.17. The molecule has 8 nitrogen and oxygen atoms in total. The lowest BCUT2D eigenvalue weighted by molar-refractivity contribution is -0.131. The van der Waals surface area contributed by atoms with Crippen LogP contribution in [0, 0.1) is 0 Å². The molecule has 0 aliphatic heterocycles. The van der Waals surface area contributed by atoms with Gasteiger partial charge in [0.05, 0.1) is 5.52 Å². The van der Waals surface area contributed by atoms with Crippen molar-refractivity contribution in [3.05, 3.63) is 65.9 Å². The molecule has 0 aliphatic carbocycles. The first kappa shape index (κ1) is 18.8. The molecule has 1 heterocycles. The van der Waals surface area contributed by atoms with Crippen molar-refractivity contribution in [1.82, 2.24) is 4.57 Å². The molecule has 0 saturated heterocycles. The topological polar surface area (TPSA) is 101 Å². The molecule has 3 rings (SSSR count). The number of rotatable bonds is 5. The number of aldehydes is 1. The van der Waals surface area contributed by atoms with Crippen LogP contribution in [-0.2, 0) is 14.3 Å². The molecule has 0 amide bonds. The van der Waals surface area contributed by atoms with Crippen LogP contribution in [0.25, 0.3) is 10.9 Å². The predicted molar refractivity (Wildman–Crippen MR) is 97.2 cm³/mol. The number of carbonyl (C=O) groups excluding carboxylic acids is 4. The van der Waals surface area contributed by atoms with Crippen LogP contribution >= 0.6 is 0 Å². The Morgan fingerprint density at radius 2 is 1.71 bits per heavy atom. The Kier molecular flexibility index (Phi) is 5.50. The molecule has 0 aliphatic rings. The summed E-state index contributed by atoms with van der Waals surface area (Å²) in [5, 5.41) is 0.599. The number of nitrogens with zero attached hydrogens (tertiary/aromatic N) is 1. The second-order valence-electron chi connectivity index (χ2n) is 5.64. The molecular weight excluding hydrogens is 366 g/mol. The third-order valence-corrected chi connectivity index (χ3v) is 3.80. The van der Waals surface area contributed by atoms with E-state index in [4.69, 9.17) is 14.2 Å². The van der Waals surface area contributed by atoms with Crippen molar-refractivity contribution in [1.29, 1.82) is 0 Å². The van der Waals surface area contributed by atoms with Gasteiger partial charge in [-0.25, -0.2) is 9.59 Å². The molecular formula is C20H15NO7. The van der Waals surface area contributed by atoms with Gasteiger partial charge in [0.15, 0.2) is 6.29 Å². The zero-order valence-electron chi connectivity index (χ0n) is 14.8. The second-order valence-corrected chi connectivity index (χ2v) is 5.64. The molecule has 2 aromatic carbocycles. The number of benzene rings is 2. The monoisotopic (exact) mass is 381 g/mol. The largest absolute Gasteiger partial charge is 0.426 e. The highest BCUT2D eigenvalue weighted by Gasteiger charge is 2.17. The van der Waals surface area contributed by atoms with Crippen molar-refractivity contribution in [3.63, 3.8) is 0 Å². The van der Waals surface area contributed by atoms with Gasteiger partial charge in [-0.15, -0.1) is 0 Å². The molecule has 142 valence electrons. The van der Waals surface area contributed by atoms with E-state index in [1.54, 1.807) is 36.4 Å². The number of esters is 2. The average molecular weight is 381 g/mol. The van der Waals surface area contributed by atoms with E-state index in [0.29, 0.717) is 22.8 Å². The molecule has 0 bridgehead atoms. The molecule has 28 heavy (non-hydrogen) atoms. The maximum absolute atomic E-state index is 12.3. The van der Waals surface area contributed by atoms with E-state index in [1.807, 2.05) is 0 Å². The summed E-state index contributed by atoms with van der Waals surface area (Å²) in [6, 6.07) is 12.8. The van der Waals surface area contributed by atoms with Crippen molar-refractivity contribution >= 4 is 35.2 Å². The van der Waals surface area contributed by atoms with Crippen molar-refractivity contribution < 1.29 is 33.4 Å². The molecule has 0 radical (unpaired) electrons. The Labute approximate surface area is 159 Å². The fourth-order valence-corrected chi connectivity index (χ4v) is 2.61. The Balaban J connectivity index is 1.68. The minimum absolute atomic E-state index is 0.0170. The van der Waals surface area contributed by atoms with Gasteiger partial charge in [0.2, 0.25) is 6.79 Å². The summed E-state index contributed by atoms with van der Waals surface area (Å²) in [6.45, 7) is 0.549. The fourth-order valence-electron chi connectivity index (χ4n) is 2.61. The predicted octanol–water partition coefficient (Wildman–Crippen LogP) is 3.18.